The average Bonchev–Trinajstić information content (AvgIpc) is 3.32. The van der Waals surface area contributed by atoms with Crippen molar-refractivity contribution in [3.63, 3.8) is 0 Å². The maximum Gasteiger partial charge on any atom is 0.306 e. The summed E-state index contributed by atoms with van der Waals surface area (Å²) in [7, 11) is 0. The predicted molar refractivity (Wildman–Crippen MR) is 284 cm³/mol. The number of unbranched alkanes of at least 4 members (excludes halogenated alkanes) is 22. The van der Waals surface area contributed by atoms with Gasteiger partial charge < -0.3 is 29.1 Å². The van der Waals surface area contributed by atoms with E-state index in [0.717, 1.165) is 148 Å². The van der Waals surface area contributed by atoms with Crippen molar-refractivity contribution >= 4 is 17.9 Å². The molecule has 1 N–H and O–H groups in total. The zero-order valence-electron chi connectivity index (χ0n) is 45.6. The van der Waals surface area contributed by atoms with E-state index in [-0.39, 0.29) is 42.8 Å². The first-order chi connectivity index (χ1) is 32.8. The van der Waals surface area contributed by atoms with Gasteiger partial charge in [0, 0.05) is 25.9 Å². The fourth-order valence-electron chi connectivity index (χ4n) is 9.21. The molecule has 9 heteroatoms. The van der Waals surface area contributed by atoms with Crippen molar-refractivity contribution in [2.45, 2.75) is 310 Å². The van der Waals surface area contributed by atoms with Gasteiger partial charge in [0.05, 0.1) is 0 Å². The molecule has 398 valence electrons. The van der Waals surface area contributed by atoms with E-state index in [2.05, 4.69) is 51.3 Å². The van der Waals surface area contributed by atoms with Crippen LogP contribution in [-0.4, -0.2) is 97.0 Å². The molecule has 3 unspecified atom stereocenters. The Morgan fingerprint density at radius 1 is 0.328 bits per heavy atom. The minimum atomic E-state index is -0.0125. The third-order valence-corrected chi connectivity index (χ3v) is 13.8. The summed E-state index contributed by atoms with van der Waals surface area (Å²) in [4.78, 5) is 42.6. The first-order valence-electron chi connectivity index (χ1n) is 29.4. The smallest absolute Gasteiger partial charge is 0.306 e. The van der Waals surface area contributed by atoms with Crippen LogP contribution in [-0.2, 0) is 28.6 Å². The molecule has 0 fully saturated rings. The summed E-state index contributed by atoms with van der Waals surface area (Å²) in [5.41, 5.74) is 0. The molecule has 0 bridgehead atoms. The molecule has 0 aromatic carbocycles. The monoisotopic (exact) mass is 951 g/mol. The van der Waals surface area contributed by atoms with Gasteiger partial charge in [-0.15, -0.1) is 0 Å². The molecule has 0 heterocycles. The van der Waals surface area contributed by atoms with Crippen molar-refractivity contribution < 1.29 is 33.7 Å². The van der Waals surface area contributed by atoms with Crippen LogP contribution in [0.25, 0.3) is 0 Å². The highest BCUT2D eigenvalue weighted by Gasteiger charge is 2.15. The van der Waals surface area contributed by atoms with Crippen LogP contribution in [0.4, 0.5) is 0 Å². The summed E-state index contributed by atoms with van der Waals surface area (Å²) in [6, 6.07) is 0. The largest absolute Gasteiger partial charge is 0.462 e. The molecule has 0 rings (SSSR count). The lowest BCUT2D eigenvalue weighted by atomic mass is 10.1. The molecule has 0 aromatic heterocycles. The highest BCUT2D eigenvalue weighted by molar-refractivity contribution is 5.70. The van der Waals surface area contributed by atoms with Gasteiger partial charge in [0.2, 0.25) is 0 Å². The minimum Gasteiger partial charge on any atom is -0.462 e. The Labute approximate surface area is 416 Å². The highest BCUT2D eigenvalue weighted by atomic mass is 16.6. The fourth-order valence-corrected chi connectivity index (χ4v) is 9.21. The molecule has 0 radical (unpaired) electrons. The molecule has 0 aromatic rings. The number of hydrogen-bond donors (Lipinski definition) is 1. The molecule has 0 spiro atoms. The summed E-state index contributed by atoms with van der Waals surface area (Å²) in [6.45, 7) is 20.0. The Balaban J connectivity index is 4.79. The van der Waals surface area contributed by atoms with Crippen LogP contribution in [0, 0.1) is 0 Å². The maximum absolute atomic E-state index is 12.4. The quantitative estimate of drug-likeness (QED) is 0.0362. The van der Waals surface area contributed by atoms with Gasteiger partial charge in [0.25, 0.3) is 0 Å². The van der Waals surface area contributed by atoms with Gasteiger partial charge in [-0.1, -0.05) is 157 Å². The van der Waals surface area contributed by atoms with Crippen LogP contribution >= 0.6 is 0 Å². The highest BCUT2D eigenvalue weighted by Crippen LogP contribution is 2.17. The van der Waals surface area contributed by atoms with Crippen LogP contribution < -0.4 is 0 Å². The van der Waals surface area contributed by atoms with E-state index in [1.807, 2.05) is 0 Å². The van der Waals surface area contributed by atoms with E-state index < -0.39 is 0 Å². The second kappa shape index (κ2) is 50.7. The minimum absolute atomic E-state index is 0.00944. The second-order valence-corrected chi connectivity index (χ2v) is 20.1. The van der Waals surface area contributed by atoms with Gasteiger partial charge in [-0.25, -0.2) is 0 Å². The van der Waals surface area contributed by atoms with Gasteiger partial charge in [-0.2, -0.15) is 0 Å². The lowest BCUT2D eigenvalue weighted by Gasteiger charge is -2.26. The SMILES string of the molecule is CCCCCC(CC)OC(=O)CCCCCCCCN(CCCCO)CCCN(CCCCCCCCC(=O)OC(CC)CCCCC)CCCCCCCCC(=O)OC(CC)CCCCC. The predicted octanol–water partition coefficient (Wildman–Crippen LogP) is 15.7. The first-order valence-corrected chi connectivity index (χ1v) is 29.4. The van der Waals surface area contributed by atoms with Gasteiger partial charge in [0.15, 0.2) is 0 Å². The molecule has 0 amide bonds. The van der Waals surface area contributed by atoms with E-state index in [0.29, 0.717) is 19.3 Å². The molecule has 0 aliphatic rings. The van der Waals surface area contributed by atoms with Crippen molar-refractivity contribution in [2.24, 2.45) is 0 Å². The molecule has 67 heavy (non-hydrogen) atoms. The molecular formula is C58H114N2O7. The van der Waals surface area contributed by atoms with Crippen LogP contribution in [0.5, 0.6) is 0 Å². The summed E-state index contributed by atoms with van der Waals surface area (Å²) < 4.78 is 17.3. The van der Waals surface area contributed by atoms with E-state index in [1.165, 1.54) is 122 Å². The fraction of sp³-hybridized carbons (Fsp3) is 0.948. The number of carbonyl (C=O) groups excluding carboxylic acids is 3. The van der Waals surface area contributed by atoms with E-state index in [4.69, 9.17) is 14.2 Å². The number of rotatable bonds is 53. The molecule has 0 aliphatic carbocycles. The van der Waals surface area contributed by atoms with Crippen molar-refractivity contribution in [1.82, 2.24) is 9.80 Å². The van der Waals surface area contributed by atoms with Crippen LogP contribution in [0.1, 0.15) is 292 Å². The first kappa shape index (κ1) is 65.3. The van der Waals surface area contributed by atoms with Gasteiger partial charge >= 0.3 is 17.9 Å². The normalized spacial score (nSPS) is 13.0. The zero-order chi connectivity index (χ0) is 49.3. The third kappa shape index (κ3) is 44.0. The Morgan fingerprint density at radius 3 is 0.851 bits per heavy atom. The number of ether oxygens (including phenoxy) is 3. The van der Waals surface area contributed by atoms with E-state index in [9.17, 15) is 19.5 Å². The van der Waals surface area contributed by atoms with E-state index in [1.54, 1.807) is 0 Å². The molecule has 0 saturated heterocycles. The average molecular weight is 952 g/mol. The molecule has 3 atom stereocenters. The summed E-state index contributed by atoms with van der Waals surface area (Å²) >= 11 is 0. The Hall–Kier alpha value is -1.71. The van der Waals surface area contributed by atoms with Gasteiger partial charge in [-0.3, -0.25) is 14.4 Å². The van der Waals surface area contributed by atoms with E-state index >= 15 is 0 Å². The Kier molecular flexibility index (Phi) is 49.4. The molecule has 0 saturated carbocycles. The number of hydrogen-bond acceptors (Lipinski definition) is 9. The summed E-state index contributed by atoms with van der Waals surface area (Å²) in [5.74, 6) is -0.0313. The topological polar surface area (TPSA) is 106 Å². The van der Waals surface area contributed by atoms with Crippen molar-refractivity contribution in [2.75, 3.05) is 45.9 Å². The second-order valence-electron chi connectivity index (χ2n) is 20.1. The van der Waals surface area contributed by atoms with Crippen LogP contribution in [0.2, 0.25) is 0 Å². The molecular weight excluding hydrogens is 837 g/mol. The lowest BCUT2D eigenvalue weighted by molar-refractivity contribution is -0.150. The number of carbonyl (C=O) groups is 3. The van der Waals surface area contributed by atoms with Crippen molar-refractivity contribution in [3.8, 4) is 0 Å². The molecule has 0 aliphatic heterocycles. The number of esters is 3. The summed E-state index contributed by atoms with van der Waals surface area (Å²) in [6.07, 6.45) is 42.1. The van der Waals surface area contributed by atoms with Crippen molar-refractivity contribution in [1.29, 1.82) is 0 Å². The Morgan fingerprint density at radius 2 is 0.582 bits per heavy atom. The third-order valence-electron chi connectivity index (χ3n) is 13.8. The van der Waals surface area contributed by atoms with Gasteiger partial charge in [0.1, 0.15) is 18.3 Å². The van der Waals surface area contributed by atoms with Crippen LogP contribution in [0.15, 0.2) is 0 Å². The van der Waals surface area contributed by atoms with Crippen molar-refractivity contribution in [3.05, 3.63) is 0 Å². The Bertz CT molecular complexity index is 1030. The number of aliphatic hydroxyl groups is 1. The number of nitrogens with zero attached hydrogens (tertiary/aromatic N) is 2. The number of aliphatic hydroxyl groups excluding tert-OH is 1. The zero-order valence-corrected chi connectivity index (χ0v) is 45.6. The maximum atomic E-state index is 12.4. The van der Waals surface area contributed by atoms with Gasteiger partial charge in [-0.05, 0) is 155 Å². The standard InChI is InChI=1S/C58H114N2O7/c1-7-13-28-40-53(10-4)65-56(62)43-31-22-16-19-25-34-46-59(47-35-26-20-17-23-32-44-57(63)66-54(11-5)41-29-14-8-2)50-39-51-60(49-37-38-52-61)48-36-27-21-18-24-33-45-58(64)67-55(12-6)42-30-15-9-3/h53-55,61H,7-52H2,1-6H3. The molecule has 9 nitrogen and oxygen atoms in total. The van der Waals surface area contributed by atoms with Crippen LogP contribution in [0.3, 0.4) is 0 Å². The summed E-state index contributed by atoms with van der Waals surface area (Å²) in [5, 5.41) is 9.49. The lowest BCUT2D eigenvalue weighted by Crippen LogP contribution is -2.32.